The minimum atomic E-state index is -0.120. The highest BCUT2D eigenvalue weighted by Crippen LogP contribution is 2.26. The van der Waals surface area contributed by atoms with Crippen molar-refractivity contribution < 1.29 is 4.79 Å². The highest BCUT2D eigenvalue weighted by atomic mass is 32.1. The first-order valence-electron chi connectivity index (χ1n) is 7.02. The van der Waals surface area contributed by atoms with Gasteiger partial charge in [-0.1, -0.05) is 17.8 Å². The Labute approximate surface area is 124 Å². The fraction of sp³-hybridized carbons (Fsp3) is 0.692. The molecule has 1 amide bonds. The zero-order valence-electron chi connectivity index (χ0n) is 12.2. The van der Waals surface area contributed by atoms with Gasteiger partial charge in [0.1, 0.15) is 10.7 Å². The Balaban J connectivity index is 1.82. The molecule has 7 heteroatoms. The van der Waals surface area contributed by atoms with Crippen molar-refractivity contribution in [1.29, 1.82) is 0 Å². The number of rotatable bonds is 5. The number of likely N-dealkylation sites (tertiary alicyclic amines) is 1. The van der Waals surface area contributed by atoms with E-state index in [1.54, 1.807) is 0 Å². The largest absolute Gasteiger partial charge is 0.382 e. The molecule has 6 nitrogen and oxygen atoms in total. The van der Waals surface area contributed by atoms with Crippen molar-refractivity contribution >= 4 is 28.2 Å². The van der Waals surface area contributed by atoms with E-state index in [-0.39, 0.29) is 5.91 Å². The first-order chi connectivity index (χ1) is 9.58. The molecule has 1 aliphatic rings. The number of carbonyl (C=O) groups excluding carboxylic acids is 1. The van der Waals surface area contributed by atoms with Crippen molar-refractivity contribution in [2.45, 2.75) is 19.3 Å². The Hall–Kier alpha value is -1.34. The number of aromatic nitrogens is 1. The van der Waals surface area contributed by atoms with Gasteiger partial charge in [0.15, 0.2) is 5.13 Å². The predicted molar refractivity (Wildman–Crippen MR) is 83.5 cm³/mol. The van der Waals surface area contributed by atoms with E-state index in [4.69, 9.17) is 5.73 Å². The van der Waals surface area contributed by atoms with Crippen LogP contribution in [0.15, 0.2) is 0 Å². The number of piperidine rings is 1. The average Bonchev–Trinajstić information content (AvgIpc) is 2.82. The van der Waals surface area contributed by atoms with Crippen LogP contribution in [-0.4, -0.2) is 56.1 Å². The number of amides is 1. The van der Waals surface area contributed by atoms with E-state index >= 15 is 0 Å². The Morgan fingerprint density at radius 2 is 2.10 bits per heavy atom. The van der Waals surface area contributed by atoms with Crippen molar-refractivity contribution in [3.8, 4) is 0 Å². The molecule has 0 spiro atoms. The number of thiazole rings is 1. The summed E-state index contributed by atoms with van der Waals surface area (Å²) >= 11 is 1.33. The lowest BCUT2D eigenvalue weighted by Crippen LogP contribution is -2.37. The molecule has 0 saturated carbocycles. The minimum absolute atomic E-state index is 0.120. The number of nitrogens with zero attached hydrogens (tertiary/aromatic N) is 3. The number of nitrogens with one attached hydrogen (secondary N) is 1. The Morgan fingerprint density at radius 1 is 1.40 bits per heavy atom. The van der Waals surface area contributed by atoms with Crippen LogP contribution in [0.3, 0.4) is 0 Å². The molecule has 1 aromatic heterocycles. The van der Waals surface area contributed by atoms with Crippen LogP contribution in [0.5, 0.6) is 0 Å². The van der Waals surface area contributed by atoms with E-state index < -0.39 is 0 Å². The fourth-order valence-electron chi connectivity index (χ4n) is 2.26. The first kappa shape index (κ1) is 15.1. The molecule has 1 aliphatic heterocycles. The lowest BCUT2D eigenvalue weighted by Gasteiger charge is -2.26. The number of hydrogen-bond acceptors (Lipinski definition) is 6. The Kier molecular flexibility index (Phi) is 5.19. The molecule has 0 unspecified atom stereocenters. The smallest absolute Gasteiger partial charge is 0.265 e. The monoisotopic (exact) mass is 297 g/mol. The molecule has 20 heavy (non-hydrogen) atoms. The normalized spacial score (nSPS) is 16.1. The Morgan fingerprint density at radius 3 is 2.70 bits per heavy atom. The molecule has 0 atom stereocenters. The molecule has 0 aliphatic carbocycles. The molecule has 0 bridgehead atoms. The van der Waals surface area contributed by atoms with Crippen LogP contribution in [-0.2, 0) is 0 Å². The molecule has 0 radical (unpaired) electrons. The third-order valence-electron chi connectivity index (χ3n) is 3.39. The summed E-state index contributed by atoms with van der Waals surface area (Å²) in [5.74, 6) is 0.194. The highest BCUT2D eigenvalue weighted by Gasteiger charge is 2.17. The second-order valence-electron chi connectivity index (χ2n) is 5.26. The highest BCUT2D eigenvalue weighted by molar-refractivity contribution is 7.18. The molecule has 2 rings (SSSR count). The van der Waals surface area contributed by atoms with Crippen LogP contribution < -0.4 is 16.0 Å². The SMILES string of the molecule is CN(C)c1nc(N)c(C(=O)NCCN2CCCCC2)s1. The van der Waals surface area contributed by atoms with Gasteiger partial charge in [-0.2, -0.15) is 0 Å². The van der Waals surface area contributed by atoms with Gasteiger partial charge < -0.3 is 20.9 Å². The van der Waals surface area contributed by atoms with Crippen LogP contribution in [0.25, 0.3) is 0 Å². The van der Waals surface area contributed by atoms with Crippen molar-refractivity contribution in [2.75, 3.05) is 50.9 Å². The molecule has 3 N–H and O–H groups in total. The van der Waals surface area contributed by atoms with Crippen LogP contribution in [0.1, 0.15) is 28.9 Å². The maximum atomic E-state index is 12.1. The number of nitrogen functional groups attached to an aromatic ring is 1. The molecular formula is C13H23N5OS. The topological polar surface area (TPSA) is 74.5 Å². The zero-order valence-corrected chi connectivity index (χ0v) is 13.0. The third-order valence-corrected chi connectivity index (χ3v) is 4.63. The van der Waals surface area contributed by atoms with Crippen LogP contribution in [0.4, 0.5) is 10.9 Å². The summed E-state index contributed by atoms with van der Waals surface area (Å²) in [4.78, 5) is 21.0. The number of carbonyl (C=O) groups is 1. The van der Waals surface area contributed by atoms with Crippen molar-refractivity contribution in [3.05, 3.63) is 4.88 Å². The second kappa shape index (κ2) is 6.90. The van der Waals surface area contributed by atoms with Crippen molar-refractivity contribution in [3.63, 3.8) is 0 Å². The van der Waals surface area contributed by atoms with E-state index in [1.165, 1.54) is 30.6 Å². The molecular weight excluding hydrogens is 274 g/mol. The van der Waals surface area contributed by atoms with Crippen molar-refractivity contribution in [2.24, 2.45) is 0 Å². The average molecular weight is 297 g/mol. The molecule has 1 aromatic rings. The summed E-state index contributed by atoms with van der Waals surface area (Å²) in [6, 6.07) is 0. The van der Waals surface area contributed by atoms with E-state index in [0.29, 0.717) is 17.2 Å². The van der Waals surface area contributed by atoms with Gasteiger partial charge in [-0.15, -0.1) is 0 Å². The summed E-state index contributed by atoms with van der Waals surface area (Å²) in [7, 11) is 3.77. The minimum Gasteiger partial charge on any atom is -0.382 e. The van der Waals surface area contributed by atoms with Gasteiger partial charge in [-0.05, 0) is 25.9 Å². The molecule has 2 heterocycles. The summed E-state index contributed by atoms with van der Waals surface area (Å²) in [5.41, 5.74) is 5.80. The maximum Gasteiger partial charge on any atom is 0.265 e. The number of anilines is 2. The number of nitrogens with two attached hydrogens (primary N) is 1. The van der Waals surface area contributed by atoms with Gasteiger partial charge in [0.25, 0.3) is 5.91 Å². The standard InChI is InChI=1S/C13H23N5OS/c1-17(2)13-16-11(14)10(20-13)12(19)15-6-9-18-7-4-3-5-8-18/h3-9,14H2,1-2H3,(H,15,19). The summed E-state index contributed by atoms with van der Waals surface area (Å²) in [5, 5.41) is 3.68. The predicted octanol–water partition coefficient (Wildman–Crippen LogP) is 1.01. The summed E-state index contributed by atoms with van der Waals surface area (Å²) < 4.78 is 0. The first-order valence-corrected chi connectivity index (χ1v) is 7.84. The third kappa shape index (κ3) is 3.83. The van der Waals surface area contributed by atoms with E-state index in [2.05, 4.69) is 15.2 Å². The quantitative estimate of drug-likeness (QED) is 0.848. The lowest BCUT2D eigenvalue weighted by atomic mass is 10.1. The summed E-state index contributed by atoms with van der Waals surface area (Å²) in [6.07, 6.45) is 3.86. The molecule has 0 aromatic carbocycles. The van der Waals surface area contributed by atoms with E-state index in [1.807, 2.05) is 19.0 Å². The van der Waals surface area contributed by atoms with Gasteiger partial charge in [0.2, 0.25) is 0 Å². The lowest BCUT2D eigenvalue weighted by molar-refractivity contribution is 0.0951. The fourth-order valence-corrected chi connectivity index (χ4v) is 3.09. The van der Waals surface area contributed by atoms with Gasteiger partial charge in [-0.3, -0.25) is 4.79 Å². The van der Waals surface area contributed by atoms with Gasteiger partial charge in [0, 0.05) is 27.2 Å². The van der Waals surface area contributed by atoms with Gasteiger partial charge in [0.05, 0.1) is 0 Å². The molecule has 112 valence electrons. The van der Waals surface area contributed by atoms with Crippen LogP contribution >= 0.6 is 11.3 Å². The summed E-state index contributed by atoms with van der Waals surface area (Å²) in [6.45, 7) is 3.85. The Bertz CT molecular complexity index is 454. The van der Waals surface area contributed by atoms with E-state index in [0.717, 1.165) is 24.8 Å². The van der Waals surface area contributed by atoms with Crippen LogP contribution in [0.2, 0.25) is 0 Å². The maximum absolute atomic E-state index is 12.1. The number of hydrogen-bond donors (Lipinski definition) is 2. The molecule has 1 saturated heterocycles. The van der Waals surface area contributed by atoms with Gasteiger partial charge in [-0.25, -0.2) is 4.98 Å². The zero-order chi connectivity index (χ0) is 14.5. The molecule has 1 fully saturated rings. The van der Waals surface area contributed by atoms with Crippen molar-refractivity contribution in [1.82, 2.24) is 15.2 Å². The van der Waals surface area contributed by atoms with Gasteiger partial charge >= 0.3 is 0 Å². The van der Waals surface area contributed by atoms with Crippen LogP contribution in [0, 0.1) is 0 Å². The van der Waals surface area contributed by atoms with E-state index in [9.17, 15) is 4.79 Å². The second-order valence-corrected chi connectivity index (χ2v) is 6.24.